The highest BCUT2D eigenvalue weighted by Crippen LogP contribution is 2.09. The Balaban J connectivity index is 1.97. The number of carbonyl (C=O) groups excluding carboxylic acids is 3. The van der Waals surface area contributed by atoms with E-state index in [0.29, 0.717) is 12.0 Å². The highest BCUT2D eigenvalue weighted by Gasteiger charge is 2.27. The lowest BCUT2D eigenvalue weighted by Gasteiger charge is -2.21. The molecule has 1 aliphatic rings. The van der Waals surface area contributed by atoms with Gasteiger partial charge in [0.1, 0.15) is 6.04 Å². The fraction of sp³-hybridized carbons (Fsp3) is 0.400. The van der Waals surface area contributed by atoms with Crippen molar-refractivity contribution in [3.63, 3.8) is 0 Å². The molecule has 0 aromatic heterocycles. The van der Waals surface area contributed by atoms with E-state index in [4.69, 9.17) is 0 Å². The van der Waals surface area contributed by atoms with Crippen LogP contribution in [-0.4, -0.2) is 23.8 Å². The summed E-state index contributed by atoms with van der Waals surface area (Å²) < 4.78 is 0. The molecule has 5 nitrogen and oxygen atoms in total. The summed E-state index contributed by atoms with van der Waals surface area (Å²) in [6.45, 7) is 2.10. The van der Waals surface area contributed by atoms with Crippen molar-refractivity contribution < 1.29 is 14.4 Å². The number of piperidine rings is 1. The van der Waals surface area contributed by atoms with Crippen molar-refractivity contribution in [2.24, 2.45) is 0 Å². The van der Waals surface area contributed by atoms with Crippen molar-refractivity contribution >= 4 is 17.7 Å². The van der Waals surface area contributed by atoms with E-state index in [9.17, 15) is 14.4 Å². The molecule has 0 bridgehead atoms. The Morgan fingerprint density at radius 2 is 2.00 bits per heavy atom. The molecule has 0 saturated carbocycles. The molecular weight excluding hydrogens is 256 g/mol. The average Bonchev–Trinajstić information content (AvgIpc) is 2.43. The van der Waals surface area contributed by atoms with Gasteiger partial charge in [-0.2, -0.15) is 0 Å². The largest absolute Gasteiger partial charge is 0.340 e. The minimum atomic E-state index is -0.629. The maximum Gasteiger partial charge on any atom is 0.251 e. The highest BCUT2D eigenvalue weighted by atomic mass is 16.2. The van der Waals surface area contributed by atoms with Gasteiger partial charge in [-0.05, 0) is 30.5 Å². The molecule has 5 heteroatoms. The molecule has 1 aromatic rings. The zero-order valence-corrected chi connectivity index (χ0v) is 11.4. The Morgan fingerprint density at radius 1 is 1.30 bits per heavy atom. The van der Waals surface area contributed by atoms with Gasteiger partial charge in [-0.1, -0.05) is 25.5 Å². The van der Waals surface area contributed by atoms with Gasteiger partial charge in [-0.15, -0.1) is 0 Å². The predicted molar refractivity (Wildman–Crippen MR) is 74.1 cm³/mol. The van der Waals surface area contributed by atoms with E-state index in [2.05, 4.69) is 17.6 Å². The van der Waals surface area contributed by atoms with Gasteiger partial charge in [-0.3, -0.25) is 19.7 Å². The Bertz CT molecular complexity index is 522. The summed E-state index contributed by atoms with van der Waals surface area (Å²) in [4.78, 5) is 34.6. The van der Waals surface area contributed by atoms with Crippen molar-refractivity contribution in [3.05, 3.63) is 35.4 Å². The molecular formula is C15H18N2O3. The first-order valence-corrected chi connectivity index (χ1v) is 6.83. The van der Waals surface area contributed by atoms with E-state index >= 15 is 0 Å². The number of nitrogens with one attached hydrogen (secondary N) is 2. The second-order valence-electron chi connectivity index (χ2n) is 4.92. The smallest absolute Gasteiger partial charge is 0.251 e. The topological polar surface area (TPSA) is 75.3 Å². The highest BCUT2D eigenvalue weighted by molar-refractivity contribution is 6.03. The summed E-state index contributed by atoms with van der Waals surface area (Å²) in [5.41, 5.74) is 1.71. The SMILES string of the molecule is CCCc1ccc(C(=O)NC2CCC(=O)NC2=O)cc1. The zero-order valence-electron chi connectivity index (χ0n) is 11.4. The fourth-order valence-electron chi connectivity index (χ4n) is 2.18. The number of imide groups is 1. The minimum absolute atomic E-state index is 0.256. The molecule has 1 atom stereocenters. The van der Waals surface area contributed by atoms with E-state index in [1.54, 1.807) is 12.1 Å². The normalized spacial score (nSPS) is 18.6. The van der Waals surface area contributed by atoms with Crippen LogP contribution in [0.15, 0.2) is 24.3 Å². The Hall–Kier alpha value is -2.17. The van der Waals surface area contributed by atoms with Gasteiger partial charge in [0.2, 0.25) is 11.8 Å². The Kier molecular flexibility index (Phi) is 4.50. The van der Waals surface area contributed by atoms with Gasteiger partial charge in [0.05, 0.1) is 0 Å². The van der Waals surface area contributed by atoms with Gasteiger partial charge in [0.15, 0.2) is 0 Å². The molecule has 3 amide bonds. The molecule has 0 spiro atoms. The third-order valence-electron chi connectivity index (χ3n) is 3.30. The summed E-state index contributed by atoms with van der Waals surface area (Å²) in [5.74, 6) is -1.01. The van der Waals surface area contributed by atoms with Crippen molar-refractivity contribution in [3.8, 4) is 0 Å². The Morgan fingerprint density at radius 3 is 2.60 bits per heavy atom. The molecule has 2 rings (SSSR count). The van der Waals surface area contributed by atoms with E-state index < -0.39 is 11.9 Å². The van der Waals surface area contributed by atoms with Crippen LogP contribution in [0, 0.1) is 0 Å². The predicted octanol–water partition coefficient (Wildman–Crippen LogP) is 1.17. The van der Waals surface area contributed by atoms with Gasteiger partial charge in [0.25, 0.3) is 5.91 Å². The molecule has 2 N–H and O–H groups in total. The van der Waals surface area contributed by atoms with Crippen LogP contribution in [0.1, 0.15) is 42.1 Å². The lowest BCUT2D eigenvalue weighted by molar-refractivity contribution is -0.134. The zero-order chi connectivity index (χ0) is 14.5. The van der Waals surface area contributed by atoms with Gasteiger partial charge in [0, 0.05) is 12.0 Å². The lowest BCUT2D eigenvalue weighted by atomic mass is 10.0. The van der Waals surface area contributed by atoms with Crippen LogP contribution in [0.25, 0.3) is 0 Å². The number of rotatable bonds is 4. The lowest BCUT2D eigenvalue weighted by Crippen LogP contribution is -2.52. The summed E-state index contributed by atoms with van der Waals surface area (Å²) in [5, 5.41) is 4.87. The first-order valence-electron chi connectivity index (χ1n) is 6.83. The number of carbonyl (C=O) groups is 3. The maximum atomic E-state index is 12.0. The third-order valence-corrected chi connectivity index (χ3v) is 3.30. The number of aryl methyl sites for hydroxylation is 1. The van der Waals surface area contributed by atoms with Crippen LogP contribution in [0.4, 0.5) is 0 Å². The third kappa shape index (κ3) is 3.44. The van der Waals surface area contributed by atoms with Gasteiger partial charge < -0.3 is 5.32 Å². The maximum absolute atomic E-state index is 12.0. The van der Waals surface area contributed by atoms with E-state index in [0.717, 1.165) is 12.8 Å². The molecule has 0 aliphatic carbocycles. The summed E-state index contributed by atoms with van der Waals surface area (Å²) in [7, 11) is 0. The first-order chi connectivity index (χ1) is 9.60. The summed E-state index contributed by atoms with van der Waals surface area (Å²) in [6.07, 6.45) is 2.65. The molecule has 106 valence electrons. The number of benzene rings is 1. The minimum Gasteiger partial charge on any atom is -0.340 e. The molecule has 1 aliphatic heterocycles. The average molecular weight is 274 g/mol. The molecule has 1 saturated heterocycles. The summed E-state index contributed by atoms with van der Waals surface area (Å²) >= 11 is 0. The monoisotopic (exact) mass is 274 g/mol. The van der Waals surface area contributed by atoms with E-state index in [1.807, 2.05) is 12.1 Å². The van der Waals surface area contributed by atoms with Crippen LogP contribution in [0.5, 0.6) is 0 Å². The van der Waals surface area contributed by atoms with Crippen LogP contribution >= 0.6 is 0 Å². The standard InChI is InChI=1S/C15H18N2O3/c1-2-3-10-4-6-11(7-5-10)14(19)16-12-8-9-13(18)17-15(12)20/h4-7,12H,2-3,8-9H2,1H3,(H,16,19)(H,17,18,20). The fourth-order valence-corrected chi connectivity index (χ4v) is 2.18. The van der Waals surface area contributed by atoms with Crippen LogP contribution in [0.2, 0.25) is 0 Å². The molecule has 1 heterocycles. The van der Waals surface area contributed by atoms with Gasteiger partial charge in [-0.25, -0.2) is 0 Å². The van der Waals surface area contributed by atoms with E-state index in [1.165, 1.54) is 5.56 Å². The van der Waals surface area contributed by atoms with Crippen molar-refractivity contribution in [1.29, 1.82) is 0 Å². The molecule has 1 unspecified atom stereocenters. The second kappa shape index (κ2) is 6.32. The van der Waals surface area contributed by atoms with Crippen molar-refractivity contribution in [2.45, 2.75) is 38.6 Å². The number of amides is 3. The quantitative estimate of drug-likeness (QED) is 0.809. The number of hydrogen-bond acceptors (Lipinski definition) is 3. The number of hydrogen-bond donors (Lipinski definition) is 2. The molecule has 0 radical (unpaired) electrons. The van der Waals surface area contributed by atoms with Crippen molar-refractivity contribution in [2.75, 3.05) is 0 Å². The summed E-state index contributed by atoms with van der Waals surface area (Å²) in [6, 6.07) is 6.72. The van der Waals surface area contributed by atoms with E-state index in [-0.39, 0.29) is 18.2 Å². The van der Waals surface area contributed by atoms with Gasteiger partial charge >= 0.3 is 0 Å². The van der Waals surface area contributed by atoms with Crippen LogP contribution in [-0.2, 0) is 16.0 Å². The Labute approximate surface area is 117 Å². The first kappa shape index (κ1) is 14.2. The molecule has 1 aromatic carbocycles. The molecule has 20 heavy (non-hydrogen) atoms. The van der Waals surface area contributed by atoms with Crippen molar-refractivity contribution in [1.82, 2.24) is 10.6 Å². The van der Waals surface area contributed by atoms with Crippen LogP contribution in [0.3, 0.4) is 0 Å². The second-order valence-corrected chi connectivity index (χ2v) is 4.92. The van der Waals surface area contributed by atoms with Crippen LogP contribution < -0.4 is 10.6 Å². The molecule has 1 fully saturated rings.